The van der Waals surface area contributed by atoms with Gasteiger partial charge in [0.15, 0.2) is 0 Å². The first-order valence-corrected chi connectivity index (χ1v) is 12.5. The Bertz CT molecular complexity index is 938. The quantitative estimate of drug-likeness (QED) is 0.670. The van der Waals surface area contributed by atoms with Crippen LogP contribution in [0.15, 0.2) is 18.2 Å². The highest BCUT2D eigenvalue weighted by Crippen LogP contribution is 2.77. The molecule has 0 radical (unpaired) electrons. The number of ether oxygens (including phenoxy) is 3. The lowest BCUT2D eigenvalue weighted by Gasteiger charge is -2.41. The number of hydrogen-bond donors (Lipinski definition) is 0. The predicted octanol–water partition coefficient (Wildman–Crippen LogP) is 3.69. The minimum absolute atomic E-state index is 0.0293. The van der Waals surface area contributed by atoms with Crippen LogP contribution in [0.5, 0.6) is 5.75 Å². The van der Waals surface area contributed by atoms with Crippen LogP contribution in [0.2, 0.25) is 0 Å². The number of likely N-dealkylation sites (tertiary alicyclic amines) is 1. The molecule has 6 atom stereocenters. The first kappa shape index (κ1) is 19.8. The van der Waals surface area contributed by atoms with Crippen LogP contribution in [0, 0.1) is 29.0 Å². The maximum atomic E-state index is 13.9. The molecule has 0 N–H and O–H groups in total. The van der Waals surface area contributed by atoms with Crippen LogP contribution in [0.3, 0.4) is 0 Å². The smallest absolute Gasteiger partial charge is 0.310 e. The summed E-state index contributed by atoms with van der Waals surface area (Å²) in [6.07, 6.45) is 7.70. The second-order valence-corrected chi connectivity index (χ2v) is 11.2. The number of rotatable bonds is 3. The number of piperidine rings is 1. The van der Waals surface area contributed by atoms with Crippen LogP contribution in [0.4, 0.5) is 4.39 Å². The summed E-state index contributed by atoms with van der Waals surface area (Å²) >= 11 is 0. The van der Waals surface area contributed by atoms with E-state index < -0.39 is 0 Å². The summed E-state index contributed by atoms with van der Waals surface area (Å²) in [5.41, 5.74) is 1.25. The fourth-order valence-electron chi connectivity index (χ4n) is 8.36. The van der Waals surface area contributed by atoms with Gasteiger partial charge in [0.25, 0.3) is 0 Å². The summed E-state index contributed by atoms with van der Waals surface area (Å²) in [5, 5.41) is 0. The monoisotopic (exact) mass is 441 g/mol. The molecule has 6 aliphatic rings. The van der Waals surface area contributed by atoms with Gasteiger partial charge < -0.3 is 19.1 Å². The fraction of sp³-hybridized carbons (Fsp3) is 0.731. The molecule has 5 unspecified atom stereocenters. The minimum atomic E-state index is -0.166. The Morgan fingerprint density at radius 3 is 2.88 bits per heavy atom. The average molecular weight is 442 g/mol. The van der Waals surface area contributed by atoms with Gasteiger partial charge in [-0.3, -0.25) is 4.79 Å². The Hall–Kier alpha value is -1.66. The van der Waals surface area contributed by atoms with E-state index in [0.29, 0.717) is 37.7 Å². The van der Waals surface area contributed by atoms with Gasteiger partial charge in [0.2, 0.25) is 0 Å². The van der Waals surface area contributed by atoms with Crippen molar-refractivity contribution in [3.63, 3.8) is 0 Å². The molecule has 6 heteroatoms. The van der Waals surface area contributed by atoms with Crippen LogP contribution < -0.4 is 4.74 Å². The molecule has 172 valence electrons. The number of nitrogens with zero attached hydrogens (tertiary/aromatic N) is 1. The van der Waals surface area contributed by atoms with Crippen molar-refractivity contribution in [1.29, 1.82) is 0 Å². The van der Waals surface area contributed by atoms with E-state index in [1.165, 1.54) is 25.3 Å². The van der Waals surface area contributed by atoms with Crippen molar-refractivity contribution < 1.29 is 23.4 Å². The molecule has 2 saturated heterocycles. The number of hydrogen-bond acceptors (Lipinski definition) is 5. The maximum absolute atomic E-state index is 13.9. The molecule has 0 aromatic heterocycles. The number of fused-ring (bicyclic) bond motifs is 2. The highest BCUT2D eigenvalue weighted by Gasteiger charge is 2.77. The Labute approximate surface area is 188 Å². The molecule has 3 aliphatic carbocycles. The minimum Gasteiger partial charge on any atom is -0.492 e. The Morgan fingerprint density at radius 2 is 2.06 bits per heavy atom. The summed E-state index contributed by atoms with van der Waals surface area (Å²) in [6.45, 7) is 4.02. The SMILES string of the molecule is O=C(OC1CCOC1)[C@@H]1C2CCC3CC(N4CCC5(CC4)COc4ccc(F)cc45)CC321. The van der Waals surface area contributed by atoms with Gasteiger partial charge in [-0.25, -0.2) is 4.39 Å². The first-order valence-electron chi connectivity index (χ1n) is 12.5. The van der Waals surface area contributed by atoms with Gasteiger partial charge in [0.1, 0.15) is 17.7 Å². The van der Waals surface area contributed by atoms with E-state index in [9.17, 15) is 9.18 Å². The third-order valence-corrected chi connectivity index (χ3v) is 10.0. The van der Waals surface area contributed by atoms with E-state index in [-0.39, 0.29) is 34.6 Å². The van der Waals surface area contributed by atoms with Crippen molar-refractivity contribution in [2.75, 3.05) is 32.9 Å². The molecule has 5 nitrogen and oxygen atoms in total. The van der Waals surface area contributed by atoms with Crippen LogP contribution in [0.25, 0.3) is 0 Å². The largest absolute Gasteiger partial charge is 0.492 e. The van der Waals surface area contributed by atoms with Gasteiger partial charge in [-0.2, -0.15) is 0 Å². The molecule has 1 aromatic rings. The van der Waals surface area contributed by atoms with Gasteiger partial charge in [-0.1, -0.05) is 0 Å². The van der Waals surface area contributed by atoms with Crippen LogP contribution in [-0.4, -0.2) is 55.9 Å². The molecule has 3 aliphatic heterocycles. The Kier molecular flexibility index (Phi) is 4.28. The number of carbonyl (C=O) groups excluding carboxylic acids is 1. The van der Waals surface area contributed by atoms with Crippen molar-refractivity contribution in [3.05, 3.63) is 29.6 Å². The lowest BCUT2D eigenvalue weighted by molar-refractivity contribution is -0.152. The highest BCUT2D eigenvalue weighted by molar-refractivity contribution is 5.79. The van der Waals surface area contributed by atoms with Gasteiger partial charge in [-0.05, 0) is 87.1 Å². The molecule has 3 saturated carbocycles. The van der Waals surface area contributed by atoms with Crippen LogP contribution in [-0.2, 0) is 19.7 Å². The van der Waals surface area contributed by atoms with E-state index in [1.54, 1.807) is 12.1 Å². The molecule has 0 amide bonds. The topological polar surface area (TPSA) is 48.0 Å². The van der Waals surface area contributed by atoms with Crippen LogP contribution >= 0.6 is 0 Å². The number of halogens is 1. The molecule has 1 aromatic carbocycles. The lowest BCUT2D eigenvalue weighted by Crippen LogP contribution is -2.47. The van der Waals surface area contributed by atoms with E-state index in [2.05, 4.69) is 4.90 Å². The normalized spacial score (nSPS) is 41.2. The molecule has 2 spiro atoms. The molecule has 0 bridgehead atoms. The summed E-state index contributed by atoms with van der Waals surface area (Å²) in [5.74, 6) is 2.10. The first-order chi connectivity index (χ1) is 15.6. The lowest BCUT2D eigenvalue weighted by atomic mass is 9.74. The van der Waals surface area contributed by atoms with Crippen molar-refractivity contribution in [3.8, 4) is 5.75 Å². The van der Waals surface area contributed by atoms with Gasteiger partial charge in [-0.15, -0.1) is 0 Å². The molecule has 32 heavy (non-hydrogen) atoms. The molecule has 5 fully saturated rings. The third-order valence-electron chi connectivity index (χ3n) is 10.0. The Balaban J connectivity index is 1.02. The predicted molar refractivity (Wildman–Crippen MR) is 115 cm³/mol. The highest BCUT2D eigenvalue weighted by atomic mass is 19.1. The van der Waals surface area contributed by atoms with Crippen molar-refractivity contribution in [2.24, 2.45) is 23.2 Å². The number of benzene rings is 1. The summed E-state index contributed by atoms with van der Waals surface area (Å²) in [7, 11) is 0. The van der Waals surface area contributed by atoms with Crippen molar-refractivity contribution in [1.82, 2.24) is 4.90 Å². The standard InChI is InChI=1S/C26H32FNO4/c27-17-2-4-22-21(12-17)25(15-31-22)6-8-28(9-7-25)18-11-16-1-3-20-23(26(16,20)13-18)24(29)32-19-5-10-30-14-19/h2,4,12,16,18-20,23H,1,3,5-11,13-15H2/t16?,18?,19?,20?,23-,26?/m0/s1. The molecular formula is C26H32FNO4. The zero-order valence-electron chi connectivity index (χ0n) is 18.6. The number of esters is 1. The zero-order valence-corrected chi connectivity index (χ0v) is 18.6. The van der Waals surface area contributed by atoms with E-state index in [1.807, 2.05) is 0 Å². The Morgan fingerprint density at radius 1 is 1.19 bits per heavy atom. The van der Waals surface area contributed by atoms with E-state index in [4.69, 9.17) is 14.2 Å². The fourth-order valence-corrected chi connectivity index (χ4v) is 8.36. The second kappa shape index (κ2) is 6.92. The maximum Gasteiger partial charge on any atom is 0.310 e. The third kappa shape index (κ3) is 2.71. The van der Waals surface area contributed by atoms with Gasteiger partial charge >= 0.3 is 5.97 Å². The van der Waals surface area contributed by atoms with Crippen molar-refractivity contribution >= 4 is 5.97 Å². The molecule has 3 heterocycles. The zero-order chi connectivity index (χ0) is 21.5. The average Bonchev–Trinajstić information content (AvgIpc) is 3.32. The summed E-state index contributed by atoms with van der Waals surface area (Å²) in [6, 6.07) is 5.54. The molecule has 7 rings (SSSR count). The van der Waals surface area contributed by atoms with Gasteiger partial charge in [0, 0.05) is 23.4 Å². The van der Waals surface area contributed by atoms with E-state index >= 15 is 0 Å². The van der Waals surface area contributed by atoms with Crippen LogP contribution in [0.1, 0.15) is 50.5 Å². The summed E-state index contributed by atoms with van der Waals surface area (Å²) in [4.78, 5) is 15.6. The second-order valence-electron chi connectivity index (χ2n) is 11.2. The number of carbonyl (C=O) groups is 1. The summed E-state index contributed by atoms with van der Waals surface area (Å²) < 4.78 is 31.1. The van der Waals surface area contributed by atoms with Gasteiger partial charge in [0.05, 0.1) is 25.7 Å². The molecular weight excluding hydrogens is 409 g/mol. The van der Waals surface area contributed by atoms with E-state index in [0.717, 1.165) is 50.1 Å². The van der Waals surface area contributed by atoms with Crippen molar-refractivity contribution in [2.45, 2.75) is 62.5 Å².